The molecule has 0 bridgehead atoms. The topological polar surface area (TPSA) is 136 Å². The Labute approximate surface area is 172 Å². The van der Waals surface area contributed by atoms with Gasteiger partial charge in [-0.3, -0.25) is 14.4 Å². The van der Waals surface area contributed by atoms with Crippen LogP contribution in [0.2, 0.25) is 0 Å². The minimum Gasteiger partial charge on any atom is -0.480 e. The molecular formula is C17H27NO8S2. The number of carbonyl (C=O) groups is 5. The smallest absolute Gasteiger partial charge is 0.371 e. The van der Waals surface area contributed by atoms with E-state index in [0.717, 1.165) is 11.8 Å². The molecule has 0 aromatic rings. The van der Waals surface area contributed by atoms with E-state index in [4.69, 9.17) is 9.47 Å². The standard InChI is InChI=1S/C17H27NO8S2/c1-9(2)13(21)25-8-26-16(24)28-17(5,6)15(23)18-11(12(19)20)7-27-14(22)10(3)4/h9-11H,7-8H2,1-6H3,(H,18,23)(H,19,20)/t11-/m0/s1. The minimum absolute atomic E-state index is 0.131. The second-order valence-electron chi connectivity index (χ2n) is 6.89. The van der Waals surface area contributed by atoms with Crippen molar-refractivity contribution in [2.24, 2.45) is 11.8 Å². The van der Waals surface area contributed by atoms with Gasteiger partial charge in [-0.05, 0) is 25.6 Å². The molecule has 28 heavy (non-hydrogen) atoms. The van der Waals surface area contributed by atoms with Crippen LogP contribution in [0.3, 0.4) is 0 Å². The quantitative estimate of drug-likeness (QED) is 0.387. The molecule has 0 heterocycles. The molecule has 0 spiro atoms. The number of thioether (sulfide) groups is 2. The lowest BCUT2D eigenvalue weighted by molar-refractivity contribution is -0.155. The second-order valence-corrected chi connectivity index (χ2v) is 9.47. The van der Waals surface area contributed by atoms with Crippen molar-refractivity contribution >= 4 is 51.8 Å². The number of aliphatic carboxylic acids is 1. The van der Waals surface area contributed by atoms with Crippen LogP contribution in [0.5, 0.6) is 0 Å². The first kappa shape index (κ1) is 26.2. The average molecular weight is 438 g/mol. The fourth-order valence-corrected chi connectivity index (χ4v) is 2.99. The Morgan fingerprint density at radius 3 is 2.04 bits per heavy atom. The minimum atomic E-state index is -1.35. The predicted octanol–water partition coefficient (Wildman–Crippen LogP) is 2.28. The Morgan fingerprint density at radius 2 is 1.57 bits per heavy atom. The Bertz CT molecular complexity index is 604. The van der Waals surface area contributed by atoms with Gasteiger partial charge >= 0.3 is 17.2 Å². The van der Waals surface area contributed by atoms with Crippen LogP contribution in [-0.4, -0.2) is 56.7 Å². The average Bonchev–Trinajstić information content (AvgIpc) is 2.56. The molecule has 160 valence electrons. The summed E-state index contributed by atoms with van der Waals surface area (Å²) >= 11 is 1.34. The molecule has 0 aliphatic heterocycles. The number of hydrogen-bond donors (Lipinski definition) is 2. The van der Waals surface area contributed by atoms with E-state index in [1.807, 2.05) is 0 Å². The number of ether oxygens (including phenoxy) is 2. The lowest BCUT2D eigenvalue weighted by Gasteiger charge is -2.24. The number of carboxylic acids is 1. The Hall–Kier alpha value is -1.75. The molecule has 0 saturated heterocycles. The SMILES string of the molecule is CC(C)C(=O)OCOC(=O)SC(C)(C)C(=O)N[C@@H](CSC(=O)C(C)C)C(=O)O. The molecule has 2 N–H and O–H groups in total. The van der Waals surface area contributed by atoms with Crippen LogP contribution in [0.1, 0.15) is 41.5 Å². The van der Waals surface area contributed by atoms with Crippen LogP contribution in [0.25, 0.3) is 0 Å². The van der Waals surface area contributed by atoms with Crippen LogP contribution in [0.4, 0.5) is 4.79 Å². The fraction of sp³-hybridized carbons (Fsp3) is 0.706. The van der Waals surface area contributed by atoms with Gasteiger partial charge in [0.25, 0.3) is 0 Å². The maximum atomic E-state index is 12.4. The first-order valence-electron chi connectivity index (χ1n) is 8.50. The first-order valence-corrected chi connectivity index (χ1v) is 10.3. The summed E-state index contributed by atoms with van der Waals surface area (Å²) in [6.45, 7) is 8.88. The van der Waals surface area contributed by atoms with Crippen molar-refractivity contribution in [3.8, 4) is 0 Å². The maximum Gasteiger partial charge on any atom is 0.371 e. The van der Waals surface area contributed by atoms with Crippen LogP contribution in [0, 0.1) is 11.8 Å². The summed E-state index contributed by atoms with van der Waals surface area (Å²) in [7, 11) is 0. The number of amides is 1. The van der Waals surface area contributed by atoms with E-state index in [0.29, 0.717) is 11.8 Å². The highest BCUT2D eigenvalue weighted by Gasteiger charge is 2.35. The number of hydrogen-bond acceptors (Lipinski definition) is 9. The highest BCUT2D eigenvalue weighted by Crippen LogP contribution is 2.27. The zero-order valence-corrected chi connectivity index (χ0v) is 18.4. The summed E-state index contributed by atoms with van der Waals surface area (Å²) in [5.41, 5.74) is 0. The molecule has 0 radical (unpaired) electrons. The largest absolute Gasteiger partial charge is 0.480 e. The molecule has 1 atom stereocenters. The van der Waals surface area contributed by atoms with Crippen molar-refractivity contribution in [3.63, 3.8) is 0 Å². The monoisotopic (exact) mass is 437 g/mol. The Kier molecular flexibility index (Phi) is 11.2. The third-order valence-corrected chi connectivity index (χ3v) is 5.44. The zero-order chi connectivity index (χ0) is 22.1. The van der Waals surface area contributed by atoms with Gasteiger partial charge in [-0.1, -0.05) is 39.5 Å². The van der Waals surface area contributed by atoms with Crippen molar-refractivity contribution in [2.45, 2.75) is 52.3 Å². The maximum absolute atomic E-state index is 12.4. The molecule has 0 fully saturated rings. The van der Waals surface area contributed by atoms with Gasteiger partial charge in [0, 0.05) is 11.7 Å². The fourth-order valence-electron chi connectivity index (χ4n) is 1.43. The lowest BCUT2D eigenvalue weighted by atomic mass is 10.2. The summed E-state index contributed by atoms with van der Waals surface area (Å²) in [6, 6.07) is -1.29. The third-order valence-electron chi connectivity index (χ3n) is 3.20. The van der Waals surface area contributed by atoms with Gasteiger partial charge < -0.3 is 19.9 Å². The van der Waals surface area contributed by atoms with E-state index in [9.17, 15) is 29.1 Å². The van der Waals surface area contributed by atoms with Crippen molar-refractivity contribution in [3.05, 3.63) is 0 Å². The van der Waals surface area contributed by atoms with Gasteiger partial charge in [0.05, 0.1) is 10.7 Å². The molecular weight excluding hydrogens is 410 g/mol. The van der Waals surface area contributed by atoms with E-state index >= 15 is 0 Å². The van der Waals surface area contributed by atoms with Crippen molar-refractivity contribution < 1.29 is 38.6 Å². The van der Waals surface area contributed by atoms with Gasteiger partial charge in [0.1, 0.15) is 6.04 Å². The van der Waals surface area contributed by atoms with E-state index in [1.54, 1.807) is 27.7 Å². The molecule has 0 aromatic carbocycles. The van der Waals surface area contributed by atoms with Gasteiger partial charge in [0.2, 0.25) is 12.7 Å². The number of nitrogens with one attached hydrogen (secondary N) is 1. The van der Waals surface area contributed by atoms with Crippen LogP contribution in [0.15, 0.2) is 0 Å². The van der Waals surface area contributed by atoms with E-state index < -0.39 is 40.7 Å². The summed E-state index contributed by atoms with van der Waals surface area (Å²) in [5, 5.41) is 10.5. The zero-order valence-electron chi connectivity index (χ0n) is 16.8. The van der Waals surface area contributed by atoms with E-state index in [1.165, 1.54) is 13.8 Å². The molecule has 11 heteroatoms. The van der Waals surface area contributed by atoms with Gasteiger partial charge in [-0.2, -0.15) is 0 Å². The molecule has 0 unspecified atom stereocenters. The summed E-state index contributed by atoms with van der Waals surface area (Å²) in [6.07, 6.45) is 0. The lowest BCUT2D eigenvalue weighted by Crippen LogP contribution is -2.50. The highest BCUT2D eigenvalue weighted by atomic mass is 32.2. The molecule has 9 nitrogen and oxygen atoms in total. The number of carbonyl (C=O) groups excluding carboxylic acids is 4. The van der Waals surface area contributed by atoms with Crippen LogP contribution < -0.4 is 5.32 Å². The van der Waals surface area contributed by atoms with Crippen LogP contribution in [-0.2, 0) is 28.7 Å². The van der Waals surface area contributed by atoms with Gasteiger partial charge in [-0.25, -0.2) is 9.59 Å². The number of esters is 1. The number of carboxylic acid groups (broad SMARTS) is 1. The Balaban J connectivity index is 4.67. The van der Waals surface area contributed by atoms with E-state index in [-0.39, 0.29) is 22.7 Å². The molecule has 1 amide bonds. The summed E-state index contributed by atoms with van der Waals surface area (Å²) in [4.78, 5) is 58.5. The first-order chi connectivity index (χ1) is 12.8. The van der Waals surface area contributed by atoms with Crippen molar-refractivity contribution in [1.29, 1.82) is 0 Å². The molecule has 0 aliphatic carbocycles. The predicted molar refractivity (Wildman–Crippen MR) is 106 cm³/mol. The third kappa shape index (κ3) is 9.98. The Morgan fingerprint density at radius 1 is 1.00 bits per heavy atom. The molecule has 0 aliphatic rings. The molecule has 0 aromatic heterocycles. The molecule has 0 saturated carbocycles. The van der Waals surface area contributed by atoms with E-state index in [2.05, 4.69) is 5.32 Å². The second kappa shape index (κ2) is 11.9. The summed E-state index contributed by atoms with van der Waals surface area (Å²) < 4.78 is 8.11. The summed E-state index contributed by atoms with van der Waals surface area (Å²) in [5.74, 6) is -3.30. The normalized spacial score (nSPS) is 12.4. The van der Waals surface area contributed by atoms with Gasteiger partial charge in [-0.15, -0.1) is 0 Å². The van der Waals surface area contributed by atoms with Crippen molar-refractivity contribution in [1.82, 2.24) is 5.32 Å². The molecule has 0 rings (SSSR count). The van der Waals surface area contributed by atoms with Crippen molar-refractivity contribution in [2.75, 3.05) is 12.5 Å². The van der Waals surface area contributed by atoms with Gasteiger partial charge in [0.15, 0.2) is 5.12 Å². The number of rotatable bonds is 10. The van der Waals surface area contributed by atoms with Crippen LogP contribution >= 0.6 is 23.5 Å². The highest BCUT2D eigenvalue weighted by molar-refractivity contribution is 8.15.